The number of benzene rings is 10. The van der Waals surface area contributed by atoms with Gasteiger partial charge in [-0.1, -0.05) is 133 Å². The fourth-order valence-corrected chi connectivity index (χ4v) is 12.6. The van der Waals surface area contributed by atoms with Crippen molar-refractivity contribution in [3.05, 3.63) is 211 Å². The molecule has 0 saturated heterocycles. The molecule has 0 N–H and O–H groups in total. The molecule has 10 aromatic carbocycles. The molecule has 0 saturated carbocycles. The molecular weight excluding hydrogens is 863 g/mol. The maximum absolute atomic E-state index is 12.3. The van der Waals surface area contributed by atoms with Gasteiger partial charge in [0.1, 0.15) is 34.4 Å². The van der Waals surface area contributed by atoms with Crippen LogP contribution in [0.25, 0.3) is 136 Å². The van der Waals surface area contributed by atoms with Crippen LogP contribution in [0.5, 0.6) is 0 Å². The lowest BCUT2D eigenvalue weighted by molar-refractivity contribution is 0.669. The molecule has 318 valence electrons. The Morgan fingerprint density at radius 2 is 0.768 bits per heavy atom. The molecular formula is C62H33N5OS. The van der Waals surface area contributed by atoms with Gasteiger partial charge in [0, 0.05) is 68.8 Å². The molecule has 15 aromatic rings. The van der Waals surface area contributed by atoms with Crippen LogP contribution in [0.3, 0.4) is 0 Å². The van der Waals surface area contributed by atoms with Crippen LogP contribution in [0.2, 0.25) is 0 Å². The molecule has 0 radical (unpaired) electrons. The van der Waals surface area contributed by atoms with Crippen molar-refractivity contribution in [3.8, 4) is 40.3 Å². The first-order valence-corrected chi connectivity index (χ1v) is 23.8. The van der Waals surface area contributed by atoms with Gasteiger partial charge in [-0.15, -0.1) is 11.3 Å². The third kappa shape index (κ3) is 5.06. The van der Waals surface area contributed by atoms with Gasteiger partial charge < -0.3 is 18.1 Å². The quantitative estimate of drug-likeness (QED) is 0.177. The molecule has 69 heavy (non-hydrogen) atoms. The van der Waals surface area contributed by atoms with E-state index in [1.165, 1.54) is 14.8 Å². The van der Waals surface area contributed by atoms with Crippen LogP contribution in [0.15, 0.2) is 205 Å². The largest absolute Gasteiger partial charge is 0.456 e. The molecule has 6 nitrogen and oxygen atoms in total. The first-order chi connectivity index (χ1) is 34.2. The average Bonchev–Trinajstić information content (AvgIpc) is 4.21. The van der Waals surface area contributed by atoms with Gasteiger partial charge in [0.05, 0.1) is 50.2 Å². The summed E-state index contributed by atoms with van der Waals surface area (Å²) in [7, 11) is 0. The van der Waals surface area contributed by atoms with Crippen molar-refractivity contribution >= 4 is 119 Å². The smallest absolute Gasteiger partial charge is 0.135 e. The van der Waals surface area contributed by atoms with E-state index in [-0.39, 0.29) is 0 Å². The molecule has 0 fully saturated rings. The second-order valence-electron chi connectivity index (χ2n) is 17.8. The fraction of sp³-hybridized carbons (Fsp3) is 0. The second-order valence-corrected chi connectivity index (χ2v) is 18.8. The Morgan fingerprint density at radius 3 is 1.30 bits per heavy atom. The average molecular weight is 896 g/mol. The van der Waals surface area contributed by atoms with Crippen LogP contribution in [0.1, 0.15) is 11.1 Å². The molecule has 0 aliphatic carbocycles. The van der Waals surface area contributed by atoms with E-state index in [1.807, 2.05) is 30.3 Å². The zero-order valence-electron chi connectivity index (χ0n) is 36.6. The minimum atomic E-state index is 0.382. The van der Waals surface area contributed by atoms with Crippen molar-refractivity contribution in [3.63, 3.8) is 0 Å². The lowest BCUT2D eigenvalue weighted by Gasteiger charge is -2.26. The minimum absolute atomic E-state index is 0.382. The van der Waals surface area contributed by atoms with E-state index < -0.39 is 0 Å². The summed E-state index contributed by atoms with van der Waals surface area (Å²) in [5, 5.41) is 35.2. The van der Waals surface area contributed by atoms with Gasteiger partial charge >= 0.3 is 0 Å². The number of furan rings is 1. The Balaban J connectivity index is 1.24. The molecule has 0 atom stereocenters. The molecule has 0 amide bonds. The van der Waals surface area contributed by atoms with E-state index >= 15 is 0 Å². The number of fused-ring (bicyclic) bond motifs is 15. The molecule has 7 heteroatoms. The van der Waals surface area contributed by atoms with Crippen LogP contribution in [-0.4, -0.2) is 13.7 Å². The van der Waals surface area contributed by atoms with Crippen LogP contribution < -0.4 is 0 Å². The summed E-state index contributed by atoms with van der Waals surface area (Å²) in [4.78, 5) is 0. The summed E-state index contributed by atoms with van der Waals surface area (Å²) in [6.45, 7) is 0. The topological polar surface area (TPSA) is 75.5 Å². The lowest BCUT2D eigenvalue weighted by atomic mass is 9.91. The van der Waals surface area contributed by atoms with Gasteiger partial charge in [-0.05, 0) is 72.3 Å². The molecule has 5 heterocycles. The Labute approximate surface area is 397 Å². The third-order valence-electron chi connectivity index (χ3n) is 14.3. The van der Waals surface area contributed by atoms with Crippen LogP contribution >= 0.6 is 11.3 Å². The number of nitrogens with zero attached hydrogens (tertiary/aromatic N) is 5. The monoisotopic (exact) mass is 895 g/mol. The maximum atomic E-state index is 12.3. The highest BCUT2D eigenvalue weighted by Crippen LogP contribution is 2.50. The van der Waals surface area contributed by atoms with Gasteiger partial charge in [0.2, 0.25) is 0 Å². The summed E-state index contributed by atoms with van der Waals surface area (Å²) in [6, 6.07) is 75.4. The van der Waals surface area contributed by atoms with Crippen molar-refractivity contribution in [2.75, 3.05) is 0 Å². The normalized spacial score (nSPS) is 12.0. The Kier molecular flexibility index (Phi) is 7.70. The minimum Gasteiger partial charge on any atom is -0.456 e. The highest BCUT2D eigenvalue weighted by Gasteiger charge is 2.33. The van der Waals surface area contributed by atoms with Gasteiger partial charge in [-0.25, -0.2) is 0 Å². The van der Waals surface area contributed by atoms with Gasteiger partial charge in [-0.3, -0.25) is 0 Å². The highest BCUT2D eigenvalue weighted by molar-refractivity contribution is 7.25. The van der Waals surface area contributed by atoms with Gasteiger partial charge in [0.15, 0.2) is 0 Å². The van der Waals surface area contributed by atoms with Gasteiger partial charge in [0.25, 0.3) is 0 Å². The molecule has 15 rings (SSSR count). The summed E-state index contributed by atoms with van der Waals surface area (Å²) in [5.74, 6) is 0. The van der Waals surface area contributed by atoms with Crippen LogP contribution in [0, 0.1) is 22.7 Å². The first-order valence-electron chi connectivity index (χ1n) is 23.0. The summed E-state index contributed by atoms with van der Waals surface area (Å²) >= 11 is 1.79. The standard InChI is InChI=1S/C62H33N5OS/c63-34-47-60(67-53-26-12-5-19-41(53)44-33-58-46(32-54(44)67)43-21-7-14-28-57(43)69-58)48(35-64)62(66-51-24-10-3-17-39(51)40-18-4-11-25-52(40)66)59(36-29-30-56-45(31-36)42-20-6-13-27-55(42)68-56)61(47)65-49-22-8-1-15-37(49)38-16-2-9-23-50(38)65/h1-33H. The predicted molar refractivity (Wildman–Crippen MR) is 284 cm³/mol. The number of rotatable bonds is 4. The van der Waals surface area contributed by atoms with Crippen molar-refractivity contribution in [1.29, 1.82) is 10.5 Å². The van der Waals surface area contributed by atoms with Crippen molar-refractivity contribution in [2.24, 2.45) is 0 Å². The SMILES string of the molecule is N#Cc1c(-n2c3ccccc3c3cc4sc5ccccc5c4cc32)c(C#N)c(-n2c3ccccc3c3ccccc32)c(-c2ccc3oc4ccccc4c3c2)c1-n1c2ccccc2c2ccccc21. The van der Waals surface area contributed by atoms with E-state index in [1.54, 1.807) is 11.3 Å². The number of nitriles is 2. The zero-order valence-corrected chi connectivity index (χ0v) is 37.4. The third-order valence-corrected chi connectivity index (χ3v) is 15.4. The molecule has 0 aliphatic rings. The molecule has 0 aliphatic heterocycles. The molecule has 0 unspecified atom stereocenters. The van der Waals surface area contributed by atoms with Crippen molar-refractivity contribution in [2.45, 2.75) is 0 Å². The fourth-order valence-electron chi connectivity index (χ4n) is 11.5. The Bertz CT molecular complexity index is 4570. The maximum Gasteiger partial charge on any atom is 0.135 e. The number of hydrogen-bond donors (Lipinski definition) is 0. The van der Waals surface area contributed by atoms with Crippen molar-refractivity contribution in [1.82, 2.24) is 13.7 Å². The summed E-state index contributed by atoms with van der Waals surface area (Å²) in [6.07, 6.45) is 0. The molecule has 0 spiro atoms. The number of aromatic nitrogens is 3. The molecule has 5 aromatic heterocycles. The van der Waals surface area contributed by atoms with Crippen molar-refractivity contribution < 1.29 is 4.42 Å². The number of para-hydroxylation sites is 6. The predicted octanol–water partition coefficient (Wildman–Crippen LogP) is 16.7. The van der Waals surface area contributed by atoms with Crippen LogP contribution in [0.4, 0.5) is 0 Å². The van der Waals surface area contributed by atoms with Gasteiger partial charge in [-0.2, -0.15) is 10.5 Å². The first kappa shape index (κ1) is 37.8. The van der Waals surface area contributed by atoms with Crippen LogP contribution in [-0.2, 0) is 0 Å². The number of hydrogen-bond acceptors (Lipinski definition) is 4. The van der Waals surface area contributed by atoms with E-state index in [0.29, 0.717) is 28.2 Å². The lowest BCUT2D eigenvalue weighted by Crippen LogP contribution is -2.14. The highest BCUT2D eigenvalue weighted by atomic mass is 32.1. The Hall–Kier alpha value is -9.40. The second kappa shape index (κ2) is 14.1. The van der Waals surface area contributed by atoms with E-state index in [9.17, 15) is 10.5 Å². The van der Waals surface area contributed by atoms with E-state index in [2.05, 4.69) is 196 Å². The molecule has 0 bridgehead atoms. The zero-order chi connectivity index (χ0) is 45.5. The summed E-state index contributed by atoms with van der Waals surface area (Å²) < 4.78 is 15.6. The van der Waals surface area contributed by atoms with E-state index in [0.717, 1.165) is 104 Å². The number of thiophene rings is 1. The summed E-state index contributed by atoms with van der Waals surface area (Å²) in [5.41, 5.74) is 11.4. The van der Waals surface area contributed by atoms with E-state index in [4.69, 9.17) is 4.42 Å². The Morgan fingerprint density at radius 1 is 0.333 bits per heavy atom.